The molecule has 0 heterocycles. The Hall–Kier alpha value is -0.950. The van der Waals surface area contributed by atoms with Gasteiger partial charge in [-0.05, 0) is 32.1 Å². The van der Waals surface area contributed by atoms with Crippen molar-refractivity contribution in [2.75, 3.05) is 6.61 Å². The van der Waals surface area contributed by atoms with Gasteiger partial charge in [0.05, 0.1) is 18.8 Å². The van der Waals surface area contributed by atoms with Crippen LogP contribution in [0.2, 0.25) is 0 Å². The van der Waals surface area contributed by atoms with Crippen molar-refractivity contribution in [2.45, 2.75) is 115 Å². The predicted molar refractivity (Wildman–Crippen MR) is 113 cm³/mol. The highest BCUT2D eigenvalue weighted by molar-refractivity contribution is 5.80. The SMILES string of the molecule is CCCCCC/C=C\CCC(O)C(=O)NC(CO)C(O)C(O)CCCCCC. The van der Waals surface area contributed by atoms with E-state index in [0.717, 1.165) is 38.5 Å². The molecule has 5 N–H and O–H groups in total. The lowest BCUT2D eigenvalue weighted by molar-refractivity contribution is -0.132. The van der Waals surface area contributed by atoms with Crippen LogP contribution in [0.4, 0.5) is 0 Å². The van der Waals surface area contributed by atoms with Crippen molar-refractivity contribution in [1.82, 2.24) is 5.32 Å². The maximum Gasteiger partial charge on any atom is 0.249 e. The van der Waals surface area contributed by atoms with Crippen molar-refractivity contribution in [3.05, 3.63) is 12.2 Å². The van der Waals surface area contributed by atoms with E-state index in [2.05, 4.69) is 25.2 Å². The lowest BCUT2D eigenvalue weighted by Gasteiger charge is -2.27. The Morgan fingerprint density at radius 2 is 1.46 bits per heavy atom. The molecule has 0 aliphatic carbocycles. The molecule has 0 bridgehead atoms. The zero-order chi connectivity index (χ0) is 21.2. The number of aliphatic hydroxyl groups is 4. The van der Waals surface area contributed by atoms with E-state index in [1.165, 1.54) is 19.3 Å². The second-order valence-corrected chi connectivity index (χ2v) is 7.62. The summed E-state index contributed by atoms with van der Waals surface area (Å²) in [6.07, 6.45) is 11.6. The highest BCUT2D eigenvalue weighted by Gasteiger charge is 2.28. The molecule has 0 aromatic carbocycles. The van der Waals surface area contributed by atoms with Gasteiger partial charge in [0, 0.05) is 0 Å². The van der Waals surface area contributed by atoms with Crippen LogP contribution in [0, 0.1) is 0 Å². The third-order valence-corrected chi connectivity index (χ3v) is 4.98. The van der Waals surface area contributed by atoms with Crippen molar-refractivity contribution in [3.63, 3.8) is 0 Å². The number of nitrogens with one attached hydrogen (secondary N) is 1. The maximum absolute atomic E-state index is 12.1. The molecule has 0 aromatic heterocycles. The van der Waals surface area contributed by atoms with Gasteiger partial charge in [0.25, 0.3) is 0 Å². The highest BCUT2D eigenvalue weighted by Crippen LogP contribution is 2.11. The van der Waals surface area contributed by atoms with Crippen LogP contribution in [0.5, 0.6) is 0 Å². The van der Waals surface area contributed by atoms with Crippen molar-refractivity contribution in [3.8, 4) is 0 Å². The average molecular weight is 402 g/mol. The molecule has 0 aliphatic rings. The Labute approximate surface area is 171 Å². The standard InChI is InChI=1S/C22H43NO5/c1-3-5-7-9-10-11-12-14-16-20(26)22(28)23-18(17-24)21(27)19(25)15-13-8-6-4-2/h11-12,18-21,24-27H,3-10,13-17H2,1-2H3,(H,23,28)/b12-11-. The summed E-state index contributed by atoms with van der Waals surface area (Å²) in [7, 11) is 0. The van der Waals surface area contributed by atoms with Gasteiger partial charge in [0.2, 0.25) is 5.91 Å². The molecule has 0 aromatic rings. The molecule has 4 atom stereocenters. The predicted octanol–water partition coefficient (Wildman–Crippen LogP) is 2.82. The van der Waals surface area contributed by atoms with Gasteiger partial charge in [0.15, 0.2) is 0 Å². The molecule has 0 saturated heterocycles. The highest BCUT2D eigenvalue weighted by atomic mass is 16.3. The van der Waals surface area contributed by atoms with Gasteiger partial charge in [-0.2, -0.15) is 0 Å². The summed E-state index contributed by atoms with van der Waals surface area (Å²) in [6, 6.07) is -0.988. The molecule has 6 nitrogen and oxygen atoms in total. The molecular weight excluding hydrogens is 358 g/mol. The van der Waals surface area contributed by atoms with E-state index in [-0.39, 0.29) is 6.42 Å². The summed E-state index contributed by atoms with van der Waals surface area (Å²) in [5.74, 6) is -0.632. The molecule has 166 valence electrons. The second-order valence-electron chi connectivity index (χ2n) is 7.62. The average Bonchev–Trinajstić information content (AvgIpc) is 2.70. The van der Waals surface area contributed by atoms with Gasteiger partial charge in [-0.1, -0.05) is 70.9 Å². The van der Waals surface area contributed by atoms with E-state index < -0.39 is 36.9 Å². The minimum absolute atomic E-state index is 0.283. The summed E-state index contributed by atoms with van der Waals surface area (Å²) < 4.78 is 0. The Morgan fingerprint density at radius 1 is 0.857 bits per heavy atom. The first-order chi connectivity index (χ1) is 13.5. The van der Waals surface area contributed by atoms with Crippen LogP contribution in [0.25, 0.3) is 0 Å². The molecular formula is C22H43NO5. The summed E-state index contributed by atoms with van der Waals surface area (Å²) in [5.41, 5.74) is 0. The fraction of sp³-hybridized carbons (Fsp3) is 0.864. The third kappa shape index (κ3) is 13.3. The minimum Gasteiger partial charge on any atom is -0.394 e. The summed E-state index contributed by atoms with van der Waals surface area (Å²) in [6.45, 7) is 3.78. The number of aliphatic hydroxyl groups excluding tert-OH is 4. The molecule has 0 radical (unpaired) electrons. The second kappa shape index (κ2) is 18.1. The van der Waals surface area contributed by atoms with Crippen LogP contribution < -0.4 is 5.32 Å². The number of hydrogen-bond acceptors (Lipinski definition) is 5. The van der Waals surface area contributed by atoms with Gasteiger partial charge in [-0.25, -0.2) is 0 Å². The van der Waals surface area contributed by atoms with Gasteiger partial charge < -0.3 is 25.7 Å². The largest absolute Gasteiger partial charge is 0.394 e. The zero-order valence-corrected chi connectivity index (χ0v) is 17.9. The van der Waals surface area contributed by atoms with Crippen LogP contribution in [-0.2, 0) is 4.79 Å². The molecule has 4 unspecified atom stereocenters. The lowest BCUT2D eigenvalue weighted by Crippen LogP contribution is -2.53. The fourth-order valence-electron chi connectivity index (χ4n) is 3.05. The first-order valence-corrected chi connectivity index (χ1v) is 11.1. The van der Waals surface area contributed by atoms with Gasteiger partial charge >= 0.3 is 0 Å². The topological polar surface area (TPSA) is 110 Å². The van der Waals surface area contributed by atoms with E-state index in [1.807, 2.05) is 6.08 Å². The van der Waals surface area contributed by atoms with Crippen LogP contribution in [0.15, 0.2) is 12.2 Å². The Kier molecular flexibility index (Phi) is 17.5. The van der Waals surface area contributed by atoms with E-state index in [4.69, 9.17) is 0 Å². The van der Waals surface area contributed by atoms with E-state index in [9.17, 15) is 25.2 Å². The Bertz CT molecular complexity index is 402. The van der Waals surface area contributed by atoms with Gasteiger partial charge in [0.1, 0.15) is 12.2 Å². The summed E-state index contributed by atoms with van der Waals surface area (Å²) in [4.78, 5) is 12.1. The Morgan fingerprint density at radius 3 is 2.07 bits per heavy atom. The quantitative estimate of drug-likeness (QED) is 0.179. The molecule has 0 saturated carbocycles. The van der Waals surface area contributed by atoms with E-state index in [0.29, 0.717) is 12.8 Å². The maximum atomic E-state index is 12.1. The number of carbonyl (C=O) groups excluding carboxylic acids is 1. The van der Waals surface area contributed by atoms with Crippen molar-refractivity contribution in [2.24, 2.45) is 0 Å². The number of unbranched alkanes of at least 4 members (excludes halogenated alkanes) is 7. The number of allylic oxidation sites excluding steroid dienone is 2. The van der Waals surface area contributed by atoms with Crippen LogP contribution in [-0.4, -0.2) is 57.3 Å². The van der Waals surface area contributed by atoms with Crippen LogP contribution >= 0.6 is 0 Å². The zero-order valence-electron chi connectivity index (χ0n) is 17.9. The number of carbonyl (C=O) groups is 1. The summed E-state index contributed by atoms with van der Waals surface area (Å²) in [5, 5.41) is 42.1. The lowest BCUT2D eigenvalue weighted by atomic mass is 10.00. The number of hydrogen-bond donors (Lipinski definition) is 5. The minimum atomic E-state index is -1.26. The monoisotopic (exact) mass is 401 g/mol. The number of amides is 1. The smallest absolute Gasteiger partial charge is 0.249 e. The summed E-state index contributed by atoms with van der Waals surface area (Å²) >= 11 is 0. The molecule has 28 heavy (non-hydrogen) atoms. The number of rotatable bonds is 18. The molecule has 0 fully saturated rings. The molecule has 0 rings (SSSR count). The molecule has 0 spiro atoms. The fourth-order valence-corrected chi connectivity index (χ4v) is 3.05. The normalized spacial score (nSPS) is 16.1. The van der Waals surface area contributed by atoms with Gasteiger partial charge in [-0.3, -0.25) is 4.79 Å². The first kappa shape index (κ1) is 27.0. The Balaban J connectivity index is 4.16. The van der Waals surface area contributed by atoms with Crippen molar-refractivity contribution < 1.29 is 25.2 Å². The van der Waals surface area contributed by atoms with Crippen molar-refractivity contribution in [1.29, 1.82) is 0 Å². The van der Waals surface area contributed by atoms with Crippen molar-refractivity contribution >= 4 is 5.91 Å². The third-order valence-electron chi connectivity index (χ3n) is 4.98. The van der Waals surface area contributed by atoms with Crippen LogP contribution in [0.3, 0.4) is 0 Å². The van der Waals surface area contributed by atoms with Crippen LogP contribution in [0.1, 0.15) is 90.9 Å². The van der Waals surface area contributed by atoms with Gasteiger partial charge in [-0.15, -0.1) is 0 Å². The molecule has 6 heteroatoms. The molecule has 0 aliphatic heterocycles. The first-order valence-electron chi connectivity index (χ1n) is 11.1. The molecule has 1 amide bonds. The van der Waals surface area contributed by atoms with E-state index in [1.54, 1.807) is 0 Å². The van der Waals surface area contributed by atoms with E-state index >= 15 is 0 Å².